The fourth-order valence-electron chi connectivity index (χ4n) is 6.13. The van der Waals surface area contributed by atoms with Gasteiger partial charge in [0.15, 0.2) is 6.10 Å². The average molecular weight is 798 g/mol. The number of likely N-dealkylation sites (N-methyl/N-ethyl adjacent to an activating group) is 1. The monoisotopic (exact) mass is 798 g/mol. The van der Waals surface area contributed by atoms with Gasteiger partial charge >= 0.3 is 11.9 Å². The molecule has 0 heterocycles. The first-order valence-electron chi connectivity index (χ1n) is 22.5. The second kappa shape index (κ2) is 39.6. The van der Waals surface area contributed by atoms with E-state index in [1.165, 1.54) is 57.8 Å². The van der Waals surface area contributed by atoms with Gasteiger partial charge in [0.25, 0.3) is 0 Å². The summed E-state index contributed by atoms with van der Waals surface area (Å²) in [6.07, 6.45) is 49.3. The summed E-state index contributed by atoms with van der Waals surface area (Å²) in [6.45, 7) is 4.49. The topological polar surface area (TPSA) is 102 Å². The van der Waals surface area contributed by atoms with Crippen molar-refractivity contribution in [2.45, 2.75) is 180 Å². The molecule has 2 atom stereocenters. The molecule has 0 saturated carbocycles. The highest BCUT2D eigenvalue weighted by molar-refractivity contribution is 5.70. The number of quaternary nitrogens is 1. The zero-order chi connectivity index (χ0) is 42.1. The molecule has 0 N–H and O–H groups in total. The van der Waals surface area contributed by atoms with Crippen LogP contribution in [-0.4, -0.2) is 75.5 Å². The van der Waals surface area contributed by atoms with Gasteiger partial charge in [-0.3, -0.25) is 9.59 Å². The van der Waals surface area contributed by atoms with Crippen LogP contribution in [0.15, 0.2) is 72.9 Å². The molecule has 2 unspecified atom stereocenters. The van der Waals surface area contributed by atoms with E-state index in [4.69, 9.17) is 14.2 Å². The first-order chi connectivity index (χ1) is 27.6. The first-order valence-corrected chi connectivity index (χ1v) is 22.5. The Labute approximate surface area is 349 Å². The summed E-state index contributed by atoms with van der Waals surface area (Å²) in [5, 5.41) is 11.6. The molecule has 326 valence electrons. The van der Waals surface area contributed by atoms with Gasteiger partial charge in [0, 0.05) is 19.3 Å². The summed E-state index contributed by atoms with van der Waals surface area (Å²) in [4.78, 5) is 36.8. The molecule has 0 bridgehead atoms. The number of esters is 2. The molecule has 0 aliphatic carbocycles. The summed E-state index contributed by atoms with van der Waals surface area (Å²) < 4.78 is 17.1. The number of carboxylic acid groups (broad SMARTS) is 1. The molecule has 0 radical (unpaired) electrons. The van der Waals surface area contributed by atoms with Gasteiger partial charge in [-0.1, -0.05) is 157 Å². The Morgan fingerprint density at radius 1 is 0.544 bits per heavy atom. The van der Waals surface area contributed by atoms with E-state index in [-0.39, 0.29) is 42.7 Å². The summed E-state index contributed by atoms with van der Waals surface area (Å²) in [7, 11) is 5.39. The normalized spacial score (nSPS) is 13.6. The Bertz CT molecular complexity index is 1160. The molecule has 0 aromatic heterocycles. The molecule has 0 aliphatic heterocycles. The van der Waals surface area contributed by atoms with Crippen molar-refractivity contribution in [1.29, 1.82) is 0 Å². The zero-order valence-electron chi connectivity index (χ0n) is 37.0. The predicted molar refractivity (Wildman–Crippen MR) is 235 cm³/mol. The lowest BCUT2D eigenvalue weighted by Gasteiger charge is -2.34. The van der Waals surface area contributed by atoms with Crippen molar-refractivity contribution in [3.05, 3.63) is 72.9 Å². The van der Waals surface area contributed by atoms with E-state index in [0.717, 1.165) is 70.6 Å². The zero-order valence-corrected chi connectivity index (χ0v) is 37.0. The fourth-order valence-corrected chi connectivity index (χ4v) is 6.13. The van der Waals surface area contributed by atoms with Crippen LogP contribution in [0.5, 0.6) is 0 Å². The molecule has 0 saturated heterocycles. The molecular weight excluding hydrogens is 715 g/mol. The predicted octanol–water partition coefficient (Wildman–Crippen LogP) is 11.0. The van der Waals surface area contributed by atoms with Crippen molar-refractivity contribution in [3.8, 4) is 0 Å². The number of unbranched alkanes of at least 4 members (excludes halogenated alkanes) is 13. The summed E-state index contributed by atoms with van der Waals surface area (Å²) in [5.74, 6) is -1.80. The van der Waals surface area contributed by atoms with Crippen molar-refractivity contribution in [3.63, 3.8) is 0 Å². The lowest BCUT2D eigenvalue weighted by atomic mass is 10.0. The Morgan fingerprint density at radius 2 is 0.982 bits per heavy atom. The van der Waals surface area contributed by atoms with Crippen LogP contribution in [0.1, 0.15) is 168 Å². The highest BCUT2D eigenvalue weighted by Crippen LogP contribution is 2.14. The van der Waals surface area contributed by atoms with Gasteiger partial charge < -0.3 is 28.6 Å². The van der Waals surface area contributed by atoms with Gasteiger partial charge in [-0.25, -0.2) is 0 Å². The highest BCUT2D eigenvalue weighted by Gasteiger charge is 2.25. The van der Waals surface area contributed by atoms with Crippen LogP contribution in [0, 0.1) is 0 Å². The largest absolute Gasteiger partial charge is 0.544 e. The number of hydrogen-bond donors (Lipinski definition) is 0. The minimum absolute atomic E-state index is 0.0249. The number of allylic oxidation sites excluding steroid dienone is 12. The lowest BCUT2D eigenvalue weighted by Crippen LogP contribution is -2.55. The number of hydrogen-bond acceptors (Lipinski definition) is 7. The number of aliphatic carboxylic acids is 1. The van der Waals surface area contributed by atoms with Crippen LogP contribution in [0.4, 0.5) is 0 Å². The smallest absolute Gasteiger partial charge is 0.306 e. The Kier molecular flexibility index (Phi) is 37.3. The molecule has 0 spiro atoms. The maximum atomic E-state index is 12.7. The van der Waals surface area contributed by atoms with Gasteiger partial charge in [-0.2, -0.15) is 0 Å². The number of carbonyl (C=O) groups excluding carboxylic acids is 3. The van der Waals surface area contributed by atoms with Crippen molar-refractivity contribution in [1.82, 2.24) is 0 Å². The molecule has 8 nitrogen and oxygen atoms in total. The van der Waals surface area contributed by atoms with Crippen LogP contribution < -0.4 is 5.11 Å². The maximum Gasteiger partial charge on any atom is 0.306 e. The minimum atomic E-state index is -1.13. The first kappa shape index (κ1) is 53.8. The molecule has 0 aromatic carbocycles. The molecule has 0 aromatic rings. The lowest BCUT2D eigenvalue weighted by molar-refractivity contribution is -0.889. The molecule has 57 heavy (non-hydrogen) atoms. The van der Waals surface area contributed by atoms with Crippen molar-refractivity contribution in [2.24, 2.45) is 0 Å². The maximum absolute atomic E-state index is 12.7. The van der Waals surface area contributed by atoms with Crippen LogP contribution in [0.2, 0.25) is 0 Å². The van der Waals surface area contributed by atoms with Gasteiger partial charge in [-0.05, 0) is 64.2 Å². The molecule has 0 aliphatic rings. The molecule has 8 heteroatoms. The van der Waals surface area contributed by atoms with Crippen LogP contribution in [0.3, 0.4) is 0 Å². The standard InChI is InChI=1S/C49H83NO7/c1-6-8-10-12-14-16-18-20-21-22-23-24-25-26-27-28-30-31-33-35-37-39-47(51)56-44-45(43-55-42-41-46(49(53)54)50(3,4)5)57-48(52)40-38-36-34-32-29-19-17-15-13-11-9-7-2/h8,10,14,16,20-21,23-24,26-27,30-31,45-46H,6-7,9,11-13,15,17-19,22,25,28-29,32-44H2,1-5H3/b10-8+,16-14+,21-20+,24-23+,27-26+,31-30+. The van der Waals surface area contributed by atoms with Crippen LogP contribution >= 0.6 is 0 Å². The number of ether oxygens (including phenoxy) is 3. The number of rotatable bonds is 39. The third-order valence-electron chi connectivity index (χ3n) is 9.61. The second-order valence-corrected chi connectivity index (χ2v) is 15.9. The fraction of sp³-hybridized carbons (Fsp3) is 0.694. The molecule has 0 amide bonds. The van der Waals surface area contributed by atoms with E-state index in [9.17, 15) is 19.5 Å². The van der Waals surface area contributed by atoms with Crippen molar-refractivity contribution in [2.75, 3.05) is 41.0 Å². The van der Waals surface area contributed by atoms with E-state index in [1.54, 1.807) is 21.1 Å². The van der Waals surface area contributed by atoms with E-state index in [1.807, 2.05) is 0 Å². The Balaban J connectivity index is 4.40. The van der Waals surface area contributed by atoms with Crippen molar-refractivity contribution < 1.29 is 38.2 Å². The third kappa shape index (κ3) is 38.1. The Morgan fingerprint density at radius 3 is 1.46 bits per heavy atom. The number of carboxylic acids is 1. The summed E-state index contributed by atoms with van der Waals surface area (Å²) in [6, 6.07) is -0.734. The SMILES string of the molecule is CC/C=C/C/C=C/C/C=C/C/C=C/C/C=C/C/C=C/CCCCC(=O)OCC(COCCC(C(=O)[O-])[N+](C)(C)C)OC(=O)CCCCCCCCCCCCCC. The van der Waals surface area contributed by atoms with E-state index in [2.05, 4.69) is 86.8 Å². The summed E-state index contributed by atoms with van der Waals surface area (Å²) >= 11 is 0. The van der Waals surface area contributed by atoms with Crippen molar-refractivity contribution >= 4 is 17.9 Å². The number of carbonyl (C=O) groups is 3. The van der Waals surface area contributed by atoms with Gasteiger partial charge in [-0.15, -0.1) is 0 Å². The molecule has 0 fully saturated rings. The molecular formula is C49H83NO7. The van der Waals surface area contributed by atoms with E-state index < -0.39 is 18.1 Å². The van der Waals surface area contributed by atoms with E-state index >= 15 is 0 Å². The van der Waals surface area contributed by atoms with Gasteiger partial charge in [0.1, 0.15) is 12.6 Å². The Hall–Kier alpha value is -3.23. The molecule has 0 rings (SSSR count). The van der Waals surface area contributed by atoms with Crippen LogP contribution in [0.25, 0.3) is 0 Å². The average Bonchev–Trinajstić information content (AvgIpc) is 3.17. The van der Waals surface area contributed by atoms with Gasteiger partial charge in [0.2, 0.25) is 0 Å². The second-order valence-electron chi connectivity index (χ2n) is 15.9. The quantitative estimate of drug-likeness (QED) is 0.0264. The van der Waals surface area contributed by atoms with Gasteiger partial charge in [0.05, 0.1) is 40.3 Å². The minimum Gasteiger partial charge on any atom is -0.544 e. The highest BCUT2D eigenvalue weighted by atomic mass is 16.6. The summed E-state index contributed by atoms with van der Waals surface area (Å²) in [5.41, 5.74) is 0. The number of nitrogens with zero attached hydrogens (tertiary/aromatic N) is 1. The van der Waals surface area contributed by atoms with E-state index in [0.29, 0.717) is 19.3 Å². The third-order valence-corrected chi connectivity index (χ3v) is 9.61. The van der Waals surface area contributed by atoms with Crippen LogP contribution in [-0.2, 0) is 28.6 Å².